The molecule has 2 aromatic carbocycles. The molecule has 2 aliphatic heterocycles. The number of ether oxygens (including phenoxy) is 1. The molecule has 2 heterocycles. The standard InChI is InChI=1S/C28H23BrN2O6/c1-13-8-4-6-10-16(13)30-23(32)19-18-15(27(36)37-3)12-28(29,21(19)25(30)34)22-20(18)24(33)31(26(22)35)17-11-7-5-9-14(17)2/h4-12,18-22H,1-3H3/t18?,19-,20-,21-,22-,28?/m0/s1. The van der Waals surface area contributed by atoms with Crippen LogP contribution in [-0.2, 0) is 28.7 Å². The first-order valence-corrected chi connectivity index (χ1v) is 12.8. The van der Waals surface area contributed by atoms with E-state index in [-0.39, 0.29) is 5.57 Å². The van der Waals surface area contributed by atoms with Crippen molar-refractivity contribution in [2.45, 2.75) is 18.2 Å². The minimum absolute atomic E-state index is 0.141. The Balaban J connectivity index is 1.54. The number of amides is 4. The molecule has 3 fully saturated rings. The molecule has 3 aliphatic carbocycles. The number of hydrogen-bond acceptors (Lipinski definition) is 6. The Morgan fingerprint density at radius 3 is 1.59 bits per heavy atom. The third-order valence-electron chi connectivity index (χ3n) is 8.30. The number of methoxy groups -OCH3 is 1. The summed E-state index contributed by atoms with van der Waals surface area (Å²) in [5.41, 5.74) is 2.51. The van der Waals surface area contributed by atoms with Crippen LogP contribution in [0.15, 0.2) is 60.2 Å². The lowest BCUT2D eigenvalue weighted by atomic mass is 9.52. The lowest BCUT2D eigenvalue weighted by Crippen LogP contribution is -2.61. The normalized spacial score (nSPS) is 32.0. The number of carbonyl (C=O) groups excluding carboxylic acids is 5. The SMILES string of the molecule is COC(=O)C1=CC2(Br)[C@@H]3C(=O)N(c4ccccc4C)C(=O)[C@H]3C1[C@@H]1C(=O)N(c3ccccc3C)C(=O)[C@H]12. The molecule has 0 unspecified atom stereocenters. The summed E-state index contributed by atoms with van der Waals surface area (Å²) >= 11 is 3.67. The van der Waals surface area contributed by atoms with Gasteiger partial charge in [-0.05, 0) is 37.1 Å². The minimum Gasteiger partial charge on any atom is -0.466 e. The van der Waals surface area contributed by atoms with Crippen molar-refractivity contribution >= 4 is 56.9 Å². The van der Waals surface area contributed by atoms with Crippen molar-refractivity contribution in [3.8, 4) is 0 Å². The van der Waals surface area contributed by atoms with E-state index in [4.69, 9.17) is 4.74 Å². The van der Waals surface area contributed by atoms with E-state index in [2.05, 4.69) is 15.9 Å². The maximum Gasteiger partial charge on any atom is 0.333 e. The van der Waals surface area contributed by atoms with Crippen LogP contribution >= 0.6 is 15.9 Å². The lowest BCUT2D eigenvalue weighted by Gasteiger charge is -2.51. The second-order valence-electron chi connectivity index (χ2n) is 10.0. The van der Waals surface area contributed by atoms with Gasteiger partial charge in [-0.1, -0.05) is 58.4 Å². The van der Waals surface area contributed by atoms with Crippen LogP contribution in [0.1, 0.15) is 11.1 Å². The number of hydrogen-bond donors (Lipinski definition) is 0. The summed E-state index contributed by atoms with van der Waals surface area (Å²) in [7, 11) is 1.23. The summed E-state index contributed by atoms with van der Waals surface area (Å²) in [4.78, 5) is 71.1. The van der Waals surface area contributed by atoms with Gasteiger partial charge in [0.05, 0.1) is 46.5 Å². The van der Waals surface area contributed by atoms with Gasteiger partial charge in [0.2, 0.25) is 23.6 Å². The van der Waals surface area contributed by atoms with E-state index in [1.54, 1.807) is 56.3 Å². The fourth-order valence-corrected chi connectivity index (χ4v) is 7.98. The van der Waals surface area contributed by atoms with E-state index in [1.807, 2.05) is 12.1 Å². The quantitative estimate of drug-likeness (QED) is 0.323. The maximum absolute atomic E-state index is 14.0. The van der Waals surface area contributed by atoms with E-state index >= 15 is 0 Å². The predicted octanol–water partition coefficient (Wildman–Crippen LogP) is 3.09. The molecule has 2 saturated heterocycles. The van der Waals surface area contributed by atoms with Crippen molar-refractivity contribution in [3.05, 3.63) is 71.3 Å². The first-order chi connectivity index (χ1) is 17.6. The summed E-state index contributed by atoms with van der Waals surface area (Å²) in [5.74, 6) is -7.48. The number of benzene rings is 2. The third-order valence-corrected chi connectivity index (χ3v) is 9.51. The molecule has 2 aromatic rings. The first kappa shape index (κ1) is 23.8. The van der Waals surface area contributed by atoms with Crippen LogP contribution in [0.25, 0.3) is 0 Å². The number of para-hydroxylation sites is 2. The number of esters is 1. The predicted molar refractivity (Wildman–Crippen MR) is 137 cm³/mol. The van der Waals surface area contributed by atoms with Gasteiger partial charge in [-0.15, -0.1) is 0 Å². The van der Waals surface area contributed by atoms with Crippen LogP contribution < -0.4 is 9.80 Å². The fourth-order valence-electron chi connectivity index (χ4n) is 6.77. The number of imide groups is 2. The Labute approximate surface area is 221 Å². The highest BCUT2D eigenvalue weighted by atomic mass is 79.9. The Morgan fingerprint density at radius 2 is 1.19 bits per heavy atom. The van der Waals surface area contributed by atoms with Gasteiger partial charge < -0.3 is 4.74 Å². The molecular formula is C28H23BrN2O6. The van der Waals surface area contributed by atoms with Crippen LogP contribution in [0.2, 0.25) is 0 Å². The van der Waals surface area contributed by atoms with Gasteiger partial charge in [0.1, 0.15) is 0 Å². The van der Waals surface area contributed by atoms with Crippen LogP contribution in [0, 0.1) is 43.4 Å². The molecule has 4 amide bonds. The van der Waals surface area contributed by atoms with Gasteiger partial charge in [0.25, 0.3) is 0 Å². The highest BCUT2D eigenvalue weighted by Gasteiger charge is 2.76. The molecule has 0 aromatic heterocycles. The molecule has 9 heteroatoms. The van der Waals surface area contributed by atoms with Crippen molar-refractivity contribution in [2.75, 3.05) is 16.9 Å². The number of alkyl halides is 1. The van der Waals surface area contributed by atoms with Crippen molar-refractivity contribution < 1.29 is 28.7 Å². The monoisotopic (exact) mass is 562 g/mol. The van der Waals surface area contributed by atoms with Gasteiger partial charge in [-0.3, -0.25) is 19.2 Å². The zero-order valence-corrected chi connectivity index (χ0v) is 21.9. The van der Waals surface area contributed by atoms with Gasteiger partial charge >= 0.3 is 5.97 Å². The molecule has 0 N–H and O–H groups in total. The fraction of sp³-hybridized carbons (Fsp3) is 0.321. The molecule has 0 radical (unpaired) electrons. The summed E-state index contributed by atoms with van der Waals surface area (Å²) in [6.07, 6.45) is 1.55. The number of rotatable bonds is 3. The molecule has 1 saturated carbocycles. The van der Waals surface area contributed by atoms with E-state index in [0.29, 0.717) is 11.4 Å². The number of aryl methyl sites for hydroxylation is 2. The summed E-state index contributed by atoms with van der Waals surface area (Å²) in [6.45, 7) is 3.60. The Bertz CT molecular complexity index is 1370. The van der Waals surface area contributed by atoms with Crippen molar-refractivity contribution in [1.29, 1.82) is 0 Å². The zero-order chi connectivity index (χ0) is 26.4. The number of halogens is 1. The largest absolute Gasteiger partial charge is 0.466 e. The average Bonchev–Trinajstić information content (AvgIpc) is 3.31. The second-order valence-corrected chi connectivity index (χ2v) is 11.4. The van der Waals surface area contributed by atoms with E-state index in [0.717, 1.165) is 20.9 Å². The average molecular weight is 563 g/mol. The lowest BCUT2D eigenvalue weighted by molar-refractivity contribution is -0.143. The second kappa shape index (κ2) is 7.95. The van der Waals surface area contributed by atoms with Crippen LogP contribution in [-0.4, -0.2) is 41.0 Å². The molecule has 8 nitrogen and oxygen atoms in total. The maximum atomic E-state index is 14.0. The third kappa shape index (κ3) is 2.91. The molecule has 0 spiro atoms. The van der Waals surface area contributed by atoms with Crippen molar-refractivity contribution in [2.24, 2.45) is 29.6 Å². The Kier molecular flexibility index (Phi) is 5.11. The number of carbonyl (C=O) groups is 5. The molecule has 2 bridgehead atoms. The molecule has 37 heavy (non-hydrogen) atoms. The number of anilines is 2. The highest BCUT2D eigenvalue weighted by Crippen LogP contribution is 2.65. The number of allylic oxidation sites excluding steroid dienone is 1. The van der Waals surface area contributed by atoms with Gasteiger partial charge in [-0.25, -0.2) is 14.6 Å². The molecule has 188 valence electrons. The van der Waals surface area contributed by atoms with Gasteiger partial charge in [-0.2, -0.15) is 0 Å². The summed E-state index contributed by atoms with van der Waals surface area (Å²) in [5, 5.41) is 0. The topological polar surface area (TPSA) is 101 Å². The Morgan fingerprint density at radius 1 is 0.757 bits per heavy atom. The number of nitrogens with zero attached hydrogens (tertiary/aromatic N) is 2. The van der Waals surface area contributed by atoms with E-state index in [1.165, 1.54) is 7.11 Å². The molecule has 5 aliphatic rings. The van der Waals surface area contributed by atoms with Gasteiger partial charge in [0.15, 0.2) is 0 Å². The van der Waals surface area contributed by atoms with E-state index < -0.39 is 63.5 Å². The molecular weight excluding hydrogens is 540 g/mol. The highest BCUT2D eigenvalue weighted by molar-refractivity contribution is 9.10. The van der Waals surface area contributed by atoms with Crippen molar-refractivity contribution in [3.63, 3.8) is 0 Å². The molecule has 7 rings (SSSR count). The van der Waals surface area contributed by atoms with Crippen LogP contribution in [0.5, 0.6) is 0 Å². The Hall–Kier alpha value is -3.59. The van der Waals surface area contributed by atoms with E-state index in [9.17, 15) is 24.0 Å². The summed E-state index contributed by atoms with van der Waals surface area (Å²) < 4.78 is 3.60. The summed E-state index contributed by atoms with van der Waals surface area (Å²) in [6, 6.07) is 14.1. The smallest absolute Gasteiger partial charge is 0.333 e. The van der Waals surface area contributed by atoms with Crippen LogP contribution in [0.3, 0.4) is 0 Å². The van der Waals surface area contributed by atoms with Crippen LogP contribution in [0.4, 0.5) is 11.4 Å². The van der Waals surface area contributed by atoms with Gasteiger partial charge in [0, 0.05) is 11.5 Å². The molecule has 4 atom stereocenters. The minimum atomic E-state index is -1.42. The zero-order valence-electron chi connectivity index (χ0n) is 20.3. The first-order valence-electron chi connectivity index (χ1n) is 12.0. The van der Waals surface area contributed by atoms with Crippen molar-refractivity contribution in [1.82, 2.24) is 0 Å².